The maximum Gasteiger partial charge on any atom is 0.231 e. The highest BCUT2D eigenvalue weighted by Gasteiger charge is 2.14. The molecule has 0 unspecified atom stereocenters. The van der Waals surface area contributed by atoms with Gasteiger partial charge in [0.05, 0.1) is 25.2 Å². The van der Waals surface area contributed by atoms with Gasteiger partial charge in [0, 0.05) is 5.56 Å². The van der Waals surface area contributed by atoms with Gasteiger partial charge < -0.3 is 10.5 Å². The van der Waals surface area contributed by atoms with Gasteiger partial charge in [0.2, 0.25) is 5.91 Å². The fraction of sp³-hybridized carbons (Fsp3) is 0.385. The Labute approximate surface area is 117 Å². The molecule has 0 heterocycles. The number of ether oxygens (including phenoxy) is 1. The SMILES string of the molecule is CCN(CC(N)=O)CC(=O)c1ccc(OC)c(Cl)c1. The normalized spacial score (nSPS) is 10.5. The minimum atomic E-state index is -0.456. The summed E-state index contributed by atoms with van der Waals surface area (Å²) in [5.74, 6) is -0.0576. The van der Waals surface area contributed by atoms with Crippen LogP contribution in [0.4, 0.5) is 0 Å². The summed E-state index contributed by atoms with van der Waals surface area (Å²) in [5.41, 5.74) is 5.60. The first-order valence-electron chi connectivity index (χ1n) is 5.85. The summed E-state index contributed by atoms with van der Waals surface area (Å²) in [6, 6.07) is 4.84. The van der Waals surface area contributed by atoms with Gasteiger partial charge in [-0.2, -0.15) is 0 Å². The highest BCUT2D eigenvalue weighted by Crippen LogP contribution is 2.25. The number of benzene rings is 1. The van der Waals surface area contributed by atoms with Crippen LogP contribution >= 0.6 is 11.6 Å². The molecule has 0 aliphatic heterocycles. The highest BCUT2D eigenvalue weighted by molar-refractivity contribution is 6.32. The molecule has 104 valence electrons. The predicted molar refractivity (Wildman–Crippen MR) is 73.6 cm³/mol. The first-order valence-corrected chi connectivity index (χ1v) is 6.23. The molecule has 0 fully saturated rings. The van der Waals surface area contributed by atoms with E-state index in [9.17, 15) is 9.59 Å². The van der Waals surface area contributed by atoms with E-state index in [1.165, 1.54) is 7.11 Å². The summed E-state index contributed by atoms with van der Waals surface area (Å²) in [4.78, 5) is 24.6. The lowest BCUT2D eigenvalue weighted by atomic mass is 10.1. The van der Waals surface area contributed by atoms with Crippen LogP contribution in [0.15, 0.2) is 18.2 Å². The Morgan fingerprint density at radius 1 is 1.37 bits per heavy atom. The van der Waals surface area contributed by atoms with E-state index in [-0.39, 0.29) is 18.9 Å². The molecule has 1 rings (SSSR count). The number of halogens is 1. The lowest BCUT2D eigenvalue weighted by Crippen LogP contribution is -2.37. The van der Waals surface area contributed by atoms with Crippen molar-refractivity contribution in [3.05, 3.63) is 28.8 Å². The molecule has 0 bridgehead atoms. The number of ketones is 1. The molecular formula is C13H17ClN2O3. The standard InChI is InChI=1S/C13H17ClN2O3/c1-3-16(8-13(15)18)7-11(17)9-4-5-12(19-2)10(14)6-9/h4-6H,3,7-8H2,1-2H3,(H2,15,18). The van der Waals surface area contributed by atoms with Gasteiger partial charge in [-0.1, -0.05) is 18.5 Å². The molecule has 0 aliphatic carbocycles. The van der Waals surface area contributed by atoms with Crippen molar-refractivity contribution in [2.45, 2.75) is 6.92 Å². The Balaban J connectivity index is 2.77. The fourth-order valence-electron chi connectivity index (χ4n) is 1.63. The highest BCUT2D eigenvalue weighted by atomic mass is 35.5. The Morgan fingerprint density at radius 2 is 2.05 bits per heavy atom. The Kier molecular flexibility index (Phi) is 5.79. The van der Waals surface area contributed by atoms with Crippen LogP contribution in [0.5, 0.6) is 5.75 Å². The number of nitrogens with two attached hydrogens (primary N) is 1. The zero-order valence-corrected chi connectivity index (χ0v) is 11.7. The molecule has 0 atom stereocenters. The topological polar surface area (TPSA) is 72.6 Å². The van der Waals surface area contributed by atoms with E-state index in [0.717, 1.165) is 0 Å². The first kappa shape index (κ1) is 15.5. The summed E-state index contributed by atoms with van der Waals surface area (Å²) in [6.07, 6.45) is 0. The molecule has 0 spiro atoms. The smallest absolute Gasteiger partial charge is 0.231 e. The lowest BCUT2D eigenvalue weighted by Gasteiger charge is -2.17. The number of hydrogen-bond donors (Lipinski definition) is 1. The number of amides is 1. The summed E-state index contributed by atoms with van der Waals surface area (Å²) in [7, 11) is 1.51. The average Bonchev–Trinajstić information content (AvgIpc) is 2.37. The second-order valence-electron chi connectivity index (χ2n) is 4.04. The molecule has 2 N–H and O–H groups in total. The maximum absolute atomic E-state index is 12.1. The van der Waals surface area contributed by atoms with Gasteiger partial charge >= 0.3 is 0 Å². The third kappa shape index (κ3) is 4.54. The van der Waals surface area contributed by atoms with Crippen LogP contribution < -0.4 is 10.5 Å². The van der Waals surface area contributed by atoms with Crippen LogP contribution in [0.25, 0.3) is 0 Å². The quantitative estimate of drug-likeness (QED) is 0.767. The van der Waals surface area contributed by atoms with Crippen molar-refractivity contribution in [3.8, 4) is 5.75 Å². The van der Waals surface area contributed by atoms with E-state index in [0.29, 0.717) is 22.9 Å². The van der Waals surface area contributed by atoms with Gasteiger partial charge in [-0.05, 0) is 24.7 Å². The van der Waals surface area contributed by atoms with Crippen LogP contribution in [0, 0.1) is 0 Å². The molecule has 6 heteroatoms. The van der Waals surface area contributed by atoms with E-state index >= 15 is 0 Å². The number of Topliss-reactive ketones (excluding diaryl/α,β-unsaturated/α-hetero) is 1. The largest absolute Gasteiger partial charge is 0.495 e. The Bertz CT molecular complexity index is 477. The monoisotopic (exact) mass is 284 g/mol. The molecule has 0 saturated carbocycles. The number of primary amides is 1. The van der Waals surface area contributed by atoms with Crippen molar-refractivity contribution in [3.63, 3.8) is 0 Å². The molecule has 0 aliphatic rings. The molecule has 5 nitrogen and oxygen atoms in total. The summed E-state index contributed by atoms with van der Waals surface area (Å²) in [6.45, 7) is 2.62. The van der Waals surface area contributed by atoms with Crippen molar-refractivity contribution in [2.75, 3.05) is 26.7 Å². The Morgan fingerprint density at radius 3 is 2.53 bits per heavy atom. The average molecular weight is 285 g/mol. The second kappa shape index (κ2) is 7.11. The summed E-state index contributed by atoms with van der Waals surface area (Å²) in [5, 5.41) is 0.381. The van der Waals surface area contributed by atoms with E-state index in [1.54, 1.807) is 23.1 Å². The van der Waals surface area contributed by atoms with E-state index in [4.69, 9.17) is 22.1 Å². The zero-order chi connectivity index (χ0) is 14.4. The van der Waals surface area contributed by atoms with Gasteiger partial charge in [0.15, 0.2) is 5.78 Å². The number of hydrogen-bond acceptors (Lipinski definition) is 4. The third-order valence-electron chi connectivity index (χ3n) is 2.67. The van der Waals surface area contributed by atoms with Gasteiger partial charge in [0.25, 0.3) is 0 Å². The summed E-state index contributed by atoms with van der Waals surface area (Å²) < 4.78 is 5.02. The number of nitrogens with zero attached hydrogens (tertiary/aromatic N) is 1. The molecule has 1 amide bonds. The lowest BCUT2D eigenvalue weighted by molar-refractivity contribution is -0.118. The molecule has 0 aromatic heterocycles. The minimum Gasteiger partial charge on any atom is -0.495 e. The summed E-state index contributed by atoms with van der Waals surface area (Å²) >= 11 is 5.96. The number of rotatable bonds is 7. The molecule has 0 radical (unpaired) electrons. The van der Waals surface area contributed by atoms with Gasteiger partial charge in [-0.3, -0.25) is 14.5 Å². The second-order valence-corrected chi connectivity index (χ2v) is 4.45. The number of methoxy groups -OCH3 is 1. The van der Waals surface area contributed by atoms with Crippen molar-refractivity contribution in [1.29, 1.82) is 0 Å². The van der Waals surface area contributed by atoms with Gasteiger partial charge in [-0.25, -0.2) is 0 Å². The maximum atomic E-state index is 12.1. The Hall–Kier alpha value is -1.59. The van der Waals surface area contributed by atoms with E-state index < -0.39 is 5.91 Å². The third-order valence-corrected chi connectivity index (χ3v) is 2.96. The van der Waals surface area contributed by atoms with Crippen molar-refractivity contribution in [1.82, 2.24) is 4.90 Å². The fourth-order valence-corrected chi connectivity index (χ4v) is 1.89. The van der Waals surface area contributed by atoms with Crippen LogP contribution in [0.3, 0.4) is 0 Å². The molecule has 19 heavy (non-hydrogen) atoms. The van der Waals surface area contributed by atoms with Crippen LogP contribution in [-0.2, 0) is 4.79 Å². The van der Waals surface area contributed by atoms with Crippen molar-refractivity contribution >= 4 is 23.3 Å². The first-order chi connectivity index (χ1) is 8.97. The van der Waals surface area contributed by atoms with Crippen LogP contribution in [0.1, 0.15) is 17.3 Å². The van der Waals surface area contributed by atoms with Crippen LogP contribution in [-0.4, -0.2) is 43.3 Å². The van der Waals surface area contributed by atoms with E-state index in [1.807, 2.05) is 6.92 Å². The predicted octanol–water partition coefficient (Wildman–Crippen LogP) is 1.34. The molecule has 1 aromatic rings. The van der Waals surface area contributed by atoms with E-state index in [2.05, 4.69) is 0 Å². The molecule has 0 saturated heterocycles. The number of carbonyl (C=O) groups is 2. The minimum absolute atomic E-state index is 0.0616. The number of carbonyl (C=O) groups excluding carboxylic acids is 2. The zero-order valence-electron chi connectivity index (χ0n) is 11.0. The molecular weight excluding hydrogens is 268 g/mol. The van der Waals surface area contributed by atoms with Gasteiger partial charge in [-0.15, -0.1) is 0 Å². The van der Waals surface area contributed by atoms with Crippen molar-refractivity contribution < 1.29 is 14.3 Å². The van der Waals surface area contributed by atoms with Gasteiger partial charge in [0.1, 0.15) is 5.75 Å². The van der Waals surface area contributed by atoms with Crippen LogP contribution in [0.2, 0.25) is 5.02 Å². The van der Waals surface area contributed by atoms with Crippen molar-refractivity contribution in [2.24, 2.45) is 5.73 Å². The molecule has 1 aromatic carbocycles. The number of likely N-dealkylation sites (N-methyl/N-ethyl adjacent to an activating group) is 1.